The van der Waals surface area contributed by atoms with Crippen LogP contribution in [0.5, 0.6) is 0 Å². The second-order valence-corrected chi connectivity index (χ2v) is 8.38. The van der Waals surface area contributed by atoms with Crippen LogP contribution in [0.3, 0.4) is 0 Å². The Bertz CT molecular complexity index is 658. The highest BCUT2D eigenvalue weighted by molar-refractivity contribution is 7.91. The van der Waals surface area contributed by atoms with Gasteiger partial charge in [-0.05, 0) is 62.4 Å². The van der Waals surface area contributed by atoms with Crippen LogP contribution in [-0.4, -0.2) is 15.5 Å². The molecule has 1 atom stereocenters. The van der Waals surface area contributed by atoms with E-state index >= 15 is 0 Å². The fourth-order valence-corrected chi connectivity index (χ4v) is 2.61. The summed E-state index contributed by atoms with van der Waals surface area (Å²) in [4.78, 5) is 0. The first kappa shape index (κ1) is 16.8. The molecule has 2 aromatic carbocycles. The molecule has 0 fully saturated rings. The normalized spacial score (nSPS) is 13.5. The Morgan fingerprint density at radius 3 is 2.50 bits per heavy atom. The smallest absolute Gasteiger partial charge is 0.144 e. The summed E-state index contributed by atoms with van der Waals surface area (Å²) in [6, 6.07) is 16.7. The molecule has 0 heterocycles. The quantitative estimate of drug-likeness (QED) is 0.606. The first-order chi connectivity index (χ1) is 10.4. The van der Waals surface area contributed by atoms with Crippen molar-refractivity contribution in [2.45, 2.75) is 38.9 Å². The highest BCUT2D eigenvalue weighted by atomic mass is 32.2. The van der Waals surface area contributed by atoms with Gasteiger partial charge in [0.25, 0.3) is 0 Å². The third-order valence-corrected chi connectivity index (χ3v) is 4.77. The molecule has 1 unspecified atom stereocenters. The van der Waals surface area contributed by atoms with E-state index in [1.54, 1.807) is 6.21 Å². The van der Waals surface area contributed by atoms with Gasteiger partial charge >= 0.3 is 0 Å². The van der Waals surface area contributed by atoms with Crippen molar-refractivity contribution in [3.63, 3.8) is 0 Å². The van der Waals surface area contributed by atoms with E-state index in [9.17, 15) is 4.55 Å². The van der Waals surface area contributed by atoms with Crippen molar-refractivity contribution in [2.24, 2.45) is 4.40 Å². The molecule has 2 nitrogen and oxygen atoms in total. The molecule has 0 aromatic heterocycles. The Hall–Kier alpha value is -1.58. The topological polar surface area (TPSA) is 35.4 Å². The van der Waals surface area contributed by atoms with Crippen LogP contribution in [0, 0.1) is 6.92 Å². The largest absolute Gasteiger partial charge is 0.591 e. The highest BCUT2D eigenvalue weighted by Crippen LogP contribution is 2.18. The van der Waals surface area contributed by atoms with Gasteiger partial charge in [-0.15, -0.1) is 0 Å². The van der Waals surface area contributed by atoms with E-state index in [0.29, 0.717) is 0 Å². The molecule has 3 heteroatoms. The molecule has 2 rings (SSSR count). The Balaban J connectivity index is 2.14. The van der Waals surface area contributed by atoms with E-state index in [4.69, 9.17) is 0 Å². The predicted octanol–water partition coefficient (Wildman–Crippen LogP) is 4.47. The van der Waals surface area contributed by atoms with Gasteiger partial charge in [0.15, 0.2) is 0 Å². The molecule has 0 aliphatic heterocycles. The summed E-state index contributed by atoms with van der Waals surface area (Å²) in [5.74, 6) is 0. The Kier molecular flexibility index (Phi) is 5.43. The molecule has 0 amide bonds. The number of nitrogens with zero attached hydrogens (tertiary/aromatic N) is 1. The molecule has 0 radical (unpaired) electrons. The maximum atomic E-state index is 12.0. The standard InChI is InChI=1S/C19H23NOS/c1-15-8-5-6-11-18(15)13-16-9-7-10-17(12-16)14-20-22(21)19(2,3)4/h5-12,14H,13H2,1-4H3. The maximum absolute atomic E-state index is 12.0. The Morgan fingerprint density at radius 1 is 1.09 bits per heavy atom. The van der Waals surface area contributed by atoms with Crippen LogP contribution in [-0.2, 0) is 17.8 Å². The third kappa shape index (κ3) is 4.72. The van der Waals surface area contributed by atoms with Gasteiger partial charge in [0.2, 0.25) is 0 Å². The lowest BCUT2D eigenvalue weighted by atomic mass is 9.99. The minimum Gasteiger partial charge on any atom is -0.591 e. The Labute approximate surface area is 136 Å². The summed E-state index contributed by atoms with van der Waals surface area (Å²) in [5, 5.41) is 0. The van der Waals surface area contributed by atoms with Gasteiger partial charge in [-0.2, -0.15) is 0 Å². The second-order valence-electron chi connectivity index (χ2n) is 6.44. The Morgan fingerprint density at radius 2 is 1.82 bits per heavy atom. The van der Waals surface area contributed by atoms with Crippen molar-refractivity contribution in [1.29, 1.82) is 0 Å². The SMILES string of the molecule is Cc1ccccc1Cc1cccc(C=N[S+]([O-])C(C)(C)C)c1. The molecule has 22 heavy (non-hydrogen) atoms. The van der Waals surface area contributed by atoms with Crippen molar-refractivity contribution in [3.05, 3.63) is 70.8 Å². The zero-order valence-corrected chi connectivity index (χ0v) is 14.5. The van der Waals surface area contributed by atoms with Crippen LogP contribution in [0.2, 0.25) is 0 Å². The summed E-state index contributed by atoms with van der Waals surface area (Å²) in [6.45, 7) is 7.91. The van der Waals surface area contributed by atoms with Crippen LogP contribution in [0.25, 0.3) is 0 Å². The lowest BCUT2D eigenvalue weighted by Gasteiger charge is -2.17. The number of hydrogen-bond acceptors (Lipinski definition) is 2. The van der Waals surface area contributed by atoms with E-state index < -0.39 is 11.4 Å². The summed E-state index contributed by atoms with van der Waals surface area (Å²) in [6.07, 6.45) is 2.61. The molecule has 0 N–H and O–H groups in total. The average molecular weight is 313 g/mol. The average Bonchev–Trinajstić information content (AvgIpc) is 2.46. The molecule has 0 aliphatic rings. The van der Waals surface area contributed by atoms with E-state index in [-0.39, 0.29) is 4.75 Å². The molecule has 2 aromatic rings. The van der Waals surface area contributed by atoms with Crippen molar-refractivity contribution in [2.75, 3.05) is 0 Å². The van der Waals surface area contributed by atoms with Gasteiger partial charge in [-0.3, -0.25) is 0 Å². The first-order valence-corrected chi connectivity index (χ1v) is 8.56. The number of hydrogen-bond donors (Lipinski definition) is 0. The molecule has 0 spiro atoms. The van der Waals surface area contributed by atoms with E-state index in [2.05, 4.69) is 47.7 Å². The van der Waals surface area contributed by atoms with Gasteiger partial charge in [-0.25, -0.2) is 0 Å². The van der Waals surface area contributed by atoms with Crippen LogP contribution in [0.15, 0.2) is 52.9 Å². The summed E-state index contributed by atoms with van der Waals surface area (Å²) < 4.78 is 15.8. The third-order valence-electron chi connectivity index (χ3n) is 3.43. The van der Waals surface area contributed by atoms with Gasteiger partial charge in [0, 0.05) is 0 Å². The molecular weight excluding hydrogens is 290 g/mol. The molecule has 0 saturated carbocycles. The lowest BCUT2D eigenvalue weighted by Crippen LogP contribution is -2.25. The van der Waals surface area contributed by atoms with Crippen molar-refractivity contribution in [3.8, 4) is 0 Å². The molecule has 116 valence electrons. The van der Waals surface area contributed by atoms with Gasteiger partial charge in [0.1, 0.15) is 16.1 Å². The number of benzene rings is 2. The first-order valence-electron chi connectivity index (χ1n) is 7.46. The predicted molar refractivity (Wildman–Crippen MR) is 95.9 cm³/mol. The van der Waals surface area contributed by atoms with Crippen LogP contribution in [0.1, 0.15) is 43.0 Å². The molecule has 0 saturated heterocycles. The van der Waals surface area contributed by atoms with E-state index in [1.807, 2.05) is 32.9 Å². The van der Waals surface area contributed by atoms with Gasteiger partial charge < -0.3 is 4.55 Å². The van der Waals surface area contributed by atoms with Crippen LogP contribution < -0.4 is 0 Å². The second kappa shape index (κ2) is 7.12. The number of rotatable bonds is 4. The van der Waals surface area contributed by atoms with Crippen molar-refractivity contribution < 1.29 is 4.55 Å². The summed E-state index contributed by atoms with van der Waals surface area (Å²) in [5.41, 5.74) is 4.86. The fourth-order valence-electron chi connectivity index (χ4n) is 2.08. The van der Waals surface area contributed by atoms with Crippen LogP contribution >= 0.6 is 0 Å². The lowest BCUT2D eigenvalue weighted by molar-refractivity contribution is 0.562. The zero-order valence-electron chi connectivity index (χ0n) is 13.7. The minimum atomic E-state index is -1.22. The summed E-state index contributed by atoms with van der Waals surface area (Å²) in [7, 11) is 0. The van der Waals surface area contributed by atoms with Gasteiger partial charge in [0.05, 0.1) is 6.21 Å². The van der Waals surface area contributed by atoms with Gasteiger partial charge in [-0.1, -0.05) is 46.9 Å². The molecule has 0 aliphatic carbocycles. The molecule has 0 bridgehead atoms. The molecular formula is C19H23NOS. The van der Waals surface area contributed by atoms with E-state index in [0.717, 1.165) is 12.0 Å². The van der Waals surface area contributed by atoms with Crippen molar-refractivity contribution >= 4 is 17.6 Å². The highest BCUT2D eigenvalue weighted by Gasteiger charge is 2.25. The summed E-state index contributed by atoms with van der Waals surface area (Å²) >= 11 is -1.22. The fraction of sp³-hybridized carbons (Fsp3) is 0.316. The van der Waals surface area contributed by atoms with Crippen molar-refractivity contribution in [1.82, 2.24) is 0 Å². The number of aryl methyl sites for hydroxylation is 1. The van der Waals surface area contributed by atoms with E-state index in [1.165, 1.54) is 16.7 Å². The zero-order chi connectivity index (χ0) is 16.2. The van der Waals surface area contributed by atoms with Crippen LogP contribution in [0.4, 0.5) is 0 Å². The maximum Gasteiger partial charge on any atom is 0.144 e. The minimum absolute atomic E-state index is 0.324. The monoisotopic (exact) mass is 313 g/mol.